The molecule has 0 spiro atoms. The minimum absolute atomic E-state index is 0.101. The lowest BCUT2D eigenvalue weighted by atomic mass is 10.1. The van der Waals surface area contributed by atoms with Crippen molar-refractivity contribution in [2.45, 2.75) is 30.3 Å². The van der Waals surface area contributed by atoms with Gasteiger partial charge in [-0.05, 0) is 19.3 Å². The molecule has 2 heterocycles. The van der Waals surface area contributed by atoms with E-state index in [-0.39, 0.29) is 17.5 Å². The zero-order valence-electron chi connectivity index (χ0n) is 9.89. The highest BCUT2D eigenvalue weighted by Gasteiger charge is 2.21. The predicted octanol–water partition coefficient (Wildman–Crippen LogP) is 0.222. The van der Waals surface area contributed by atoms with Crippen molar-refractivity contribution in [1.82, 2.24) is 9.71 Å². The first kappa shape index (κ1) is 13.3. The lowest BCUT2D eigenvalue weighted by molar-refractivity contribution is 0.0200. The van der Waals surface area contributed by atoms with Crippen LogP contribution in [0.3, 0.4) is 0 Å². The molecule has 0 saturated carbocycles. The van der Waals surface area contributed by atoms with Crippen LogP contribution in [0.2, 0.25) is 0 Å². The fourth-order valence-electron chi connectivity index (χ4n) is 1.86. The van der Waals surface area contributed by atoms with Gasteiger partial charge in [-0.3, -0.25) is 4.79 Å². The van der Waals surface area contributed by atoms with Crippen molar-refractivity contribution in [3.8, 4) is 0 Å². The van der Waals surface area contributed by atoms with Crippen LogP contribution >= 0.6 is 0 Å². The summed E-state index contributed by atoms with van der Waals surface area (Å²) in [5, 5.41) is 0. The van der Waals surface area contributed by atoms with Gasteiger partial charge in [0, 0.05) is 31.6 Å². The molecule has 1 fully saturated rings. The van der Waals surface area contributed by atoms with Crippen LogP contribution in [0, 0.1) is 0 Å². The number of aromatic nitrogens is 1. The molecule has 2 N–H and O–H groups in total. The van der Waals surface area contributed by atoms with E-state index < -0.39 is 15.5 Å². The zero-order chi connectivity index (χ0) is 13.0. The SMILES string of the molecule is O=c1cc[nH]cc1S(=O)(=O)NCC1CCCCO1. The van der Waals surface area contributed by atoms with E-state index in [0.29, 0.717) is 6.61 Å². The molecule has 7 heteroatoms. The average Bonchev–Trinajstić information content (AvgIpc) is 2.38. The van der Waals surface area contributed by atoms with Crippen molar-refractivity contribution >= 4 is 10.0 Å². The maximum Gasteiger partial charge on any atom is 0.246 e. The van der Waals surface area contributed by atoms with Crippen molar-refractivity contribution < 1.29 is 13.2 Å². The van der Waals surface area contributed by atoms with Gasteiger partial charge >= 0.3 is 0 Å². The number of aromatic amines is 1. The smallest absolute Gasteiger partial charge is 0.246 e. The van der Waals surface area contributed by atoms with Crippen LogP contribution in [0.4, 0.5) is 0 Å². The third-order valence-electron chi connectivity index (χ3n) is 2.85. The van der Waals surface area contributed by atoms with Gasteiger partial charge in [-0.15, -0.1) is 0 Å². The number of ether oxygens (including phenoxy) is 1. The molecule has 0 bridgehead atoms. The molecule has 1 aromatic heterocycles. The van der Waals surface area contributed by atoms with Crippen LogP contribution in [0.15, 0.2) is 28.2 Å². The number of nitrogens with one attached hydrogen (secondary N) is 2. The van der Waals surface area contributed by atoms with Gasteiger partial charge in [0.25, 0.3) is 0 Å². The first-order valence-electron chi connectivity index (χ1n) is 5.88. The second-order valence-electron chi connectivity index (χ2n) is 4.21. The lowest BCUT2D eigenvalue weighted by Crippen LogP contribution is -2.37. The second-order valence-corrected chi connectivity index (χ2v) is 5.95. The van der Waals surface area contributed by atoms with Crippen LogP contribution in [-0.4, -0.2) is 32.7 Å². The summed E-state index contributed by atoms with van der Waals surface area (Å²) in [5.41, 5.74) is -0.522. The van der Waals surface area contributed by atoms with Crippen LogP contribution < -0.4 is 10.2 Å². The molecular formula is C11H16N2O4S. The molecule has 1 unspecified atom stereocenters. The lowest BCUT2D eigenvalue weighted by Gasteiger charge is -2.22. The summed E-state index contributed by atoms with van der Waals surface area (Å²) in [6.07, 6.45) is 5.38. The largest absolute Gasteiger partial charge is 0.377 e. The molecule has 0 radical (unpaired) electrons. The van der Waals surface area contributed by atoms with Gasteiger partial charge in [0.2, 0.25) is 15.5 Å². The third kappa shape index (κ3) is 3.18. The molecule has 1 atom stereocenters. The number of H-pyrrole nitrogens is 1. The monoisotopic (exact) mass is 272 g/mol. The van der Waals surface area contributed by atoms with E-state index in [1.54, 1.807) is 0 Å². The summed E-state index contributed by atoms with van der Waals surface area (Å²) >= 11 is 0. The highest BCUT2D eigenvalue weighted by molar-refractivity contribution is 7.89. The third-order valence-corrected chi connectivity index (χ3v) is 4.30. The number of pyridine rings is 1. The fraction of sp³-hybridized carbons (Fsp3) is 0.545. The summed E-state index contributed by atoms with van der Waals surface area (Å²) in [7, 11) is -3.76. The van der Waals surface area contributed by atoms with Crippen LogP contribution in [0.25, 0.3) is 0 Å². The highest BCUT2D eigenvalue weighted by Crippen LogP contribution is 2.12. The Kier molecular flexibility index (Phi) is 4.15. The molecule has 1 aliphatic rings. The van der Waals surface area contributed by atoms with Gasteiger partial charge in [0.15, 0.2) is 0 Å². The zero-order valence-corrected chi connectivity index (χ0v) is 10.7. The Bertz CT molecular complexity index is 546. The Morgan fingerprint density at radius 2 is 2.28 bits per heavy atom. The van der Waals surface area contributed by atoms with E-state index in [0.717, 1.165) is 19.3 Å². The van der Waals surface area contributed by atoms with E-state index in [2.05, 4.69) is 9.71 Å². The summed E-state index contributed by atoms with van der Waals surface area (Å²) < 4.78 is 31.7. The van der Waals surface area contributed by atoms with Gasteiger partial charge < -0.3 is 9.72 Å². The Balaban J connectivity index is 2.03. The minimum atomic E-state index is -3.76. The Morgan fingerprint density at radius 3 is 2.94 bits per heavy atom. The topological polar surface area (TPSA) is 88.3 Å². The van der Waals surface area contributed by atoms with Crippen molar-refractivity contribution in [2.24, 2.45) is 0 Å². The summed E-state index contributed by atoms with van der Waals surface area (Å²) in [4.78, 5) is 13.8. The van der Waals surface area contributed by atoms with Crippen molar-refractivity contribution in [3.63, 3.8) is 0 Å². The average molecular weight is 272 g/mol. The van der Waals surface area contributed by atoms with E-state index in [1.807, 2.05) is 0 Å². The number of hydrogen-bond acceptors (Lipinski definition) is 4. The molecule has 1 aromatic rings. The van der Waals surface area contributed by atoms with E-state index in [9.17, 15) is 13.2 Å². The Labute approximate surface area is 105 Å². The van der Waals surface area contributed by atoms with E-state index in [1.165, 1.54) is 18.5 Å². The first-order chi connectivity index (χ1) is 8.59. The van der Waals surface area contributed by atoms with Crippen LogP contribution in [0.5, 0.6) is 0 Å². The molecule has 18 heavy (non-hydrogen) atoms. The Morgan fingerprint density at radius 1 is 1.44 bits per heavy atom. The van der Waals surface area contributed by atoms with Crippen molar-refractivity contribution in [3.05, 3.63) is 28.7 Å². The molecular weight excluding hydrogens is 256 g/mol. The quantitative estimate of drug-likeness (QED) is 0.821. The van der Waals surface area contributed by atoms with Gasteiger partial charge in [-0.2, -0.15) is 0 Å². The fourth-order valence-corrected chi connectivity index (χ4v) is 2.98. The molecule has 1 saturated heterocycles. The highest BCUT2D eigenvalue weighted by atomic mass is 32.2. The van der Waals surface area contributed by atoms with Crippen LogP contribution in [0.1, 0.15) is 19.3 Å². The molecule has 0 aromatic carbocycles. The normalized spacial score (nSPS) is 20.8. The van der Waals surface area contributed by atoms with Gasteiger partial charge in [0.1, 0.15) is 4.90 Å². The predicted molar refractivity (Wildman–Crippen MR) is 65.8 cm³/mol. The Hall–Kier alpha value is -1.18. The van der Waals surface area contributed by atoms with E-state index in [4.69, 9.17) is 4.74 Å². The molecule has 6 nitrogen and oxygen atoms in total. The summed E-state index contributed by atoms with van der Waals surface area (Å²) in [6.45, 7) is 0.870. The van der Waals surface area contributed by atoms with Gasteiger partial charge in [0.05, 0.1) is 6.10 Å². The molecule has 0 aliphatic carbocycles. The van der Waals surface area contributed by atoms with Gasteiger partial charge in [-0.25, -0.2) is 13.1 Å². The molecule has 1 aliphatic heterocycles. The van der Waals surface area contributed by atoms with Gasteiger partial charge in [-0.1, -0.05) is 0 Å². The second kappa shape index (κ2) is 5.64. The number of rotatable bonds is 4. The maximum absolute atomic E-state index is 11.9. The first-order valence-corrected chi connectivity index (χ1v) is 7.36. The molecule has 0 amide bonds. The standard InChI is InChI=1S/C11H16N2O4S/c14-10-4-5-12-8-11(10)18(15,16)13-7-9-3-1-2-6-17-9/h4-5,8-9,13H,1-3,6-7H2,(H,12,14). The number of hydrogen-bond donors (Lipinski definition) is 2. The number of sulfonamides is 1. The van der Waals surface area contributed by atoms with Crippen LogP contribution in [-0.2, 0) is 14.8 Å². The molecule has 2 rings (SSSR count). The summed E-state index contributed by atoms with van der Waals surface area (Å²) in [6, 6.07) is 1.19. The maximum atomic E-state index is 11.9. The van der Waals surface area contributed by atoms with E-state index >= 15 is 0 Å². The molecule has 100 valence electrons. The minimum Gasteiger partial charge on any atom is -0.377 e. The van der Waals surface area contributed by atoms with Crippen molar-refractivity contribution in [1.29, 1.82) is 0 Å². The summed E-state index contributed by atoms with van der Waals surface area (Å²) in [5.74, 6) is 0. The van der Waals surface area contributed by atoms with Crippen molar-refractivity contribution in [2.75, 3.05) is 13.2 Å².